The van der Waals surface area contributed by atoms with E-state index in [0.717, 1.165) is 16.9 Å². The Labute approximate surface area is 160 Å². The fourth-order valence-electron chi connectivity index (χ4n) is 3.23. The average Bonchev–Trinajstić information content (AvgIpc) is 3.02. The molecule has 1 aliphatic heterocycles. The minimum absolute atomic E-state index is 0.0869. The van der Waals surface area contributed by atoms with Crippen molar-refractivity contribution in [3.05, 3.63) is 48.5 Å². The van der Waals surface area contributed by atoms with Gasteiger partial charge in [0.15, 0.2) is 9.84 Å². The Morgan fingerprint density at radius 1 is 1.19 bits per heavy atom. The predicted octanol–water partition coefficient (Wildman–Crippen LogP) is 2.42. The Kier molecular flexibility index (Phi) is 5.82. The number of carbonyl (C=O) groups excluding carboxylic acids is 1. The Bertz CT molecular complexity index is 910. The third-order valence-corrected chi connectivity index (χ3v) is 6.55. The molecule has 1 atom stereocenters. The quantitative estimate of drug-likeness (QED) is 0.823. The molecule has 1 N–H and O–H groups in total. The van der Waals surface area contributed by atoms with Gasteiger partial charge in [-0.2, -0.15) is 0 Å². The van der Waals surface area contributed by atoms with Crippen molar-refractivity contribution >= 4 is 21.4 Å². The molecule has 7 heteroatoms. The van der Waals surface area contributed by atoms with Crippen LogP contribution in [0.3, 0.4) is 0 Å². The van der Waals surface area contributed by atoms with Gasteiger partial charge in [0, 0.05) is 11.7 Å². The lowest BCUT2D eigenvalue weighted by atomic mass is 10.1. The summed E-state index contributed by atoms with van der Waals surface area (Å²) >= 11 is 0. The molecular weight excluding hydrogens is 364 g/mol. The Hall–Kier alpha value is -2.38. The fourth-order valence-corrected chi connectivity index (χ4v) is 5.03. The van der Waals surface area contributed by atoms with Crippen molar-refractivity contribution in [2.45, 2.75) is 12.5 Å². The van der Waals surface area contributed by atoms with E-state index in [0.29, 0.717) is 12.1 Å². The first-order valence-electron chi connectivity index (χ1n) is 8.81. The van der Waals surface area contributed by atoms with E-state index in [1.807, 2.05) is 53.4 Å². The van der Waals surface area contributed by atoms with Gasteiger partial charge in [-0.3, -0.25) is 9.69 Å². The molecule has 1 saturated heterocycles. The molecule has 27 heavy (non-hydrogen) atoms. The highest BCUT2D eigenvalue weighted by Crippen LogP contribution is 2.25. The second kappa shape index (κ2) is 8.10. The van der Waals surface area contributed by atoms with Crippen LogP contribution in [0.5, 0.6) is 5.75 Å². The third kappa shape index (κ3) is 5.08. The van der Waals surface area contributed by atoms with Gasteiger partial charge in [-0.05, 0) is 48.9 Å². The SMILES string of the molecule is COc1cccc(-c2ccc(NC(=O)CN(C)[C@H]3CCS(=O)(=O)C3)cc2)c1. The van der Waals surface area contributed by atoms with E-state index in [1.54, 1.807) is 14.2 Å². The number of amides is 1. The summed E-state index contributed by atoms with van der Waals surface area (Å²) in [6, 6.07) is 15.3. The van der Waals surface area contributed by atoms with E-state index >= 15 is 0 Å². The number of methoxy groups -OCH3 is 1. The molecular formula is C20H24N2O4S. The van der Waals surface area contributed by atoms with E-state index < -0.39 is 9.84 Å². The Balaban J connectivity index is 1.58. The van der Waals surface area contributed by atoms with Crippen LogP contribution in [0.2, 0.25) is 0 Å². The number of anilines is 1. The van der Waals surface area contributed by atoms with Crippen LogP contribution in [-0.4, -0.2) is 57.5 Å². The Morgan fingerprint density at radius 2 is 1.93 bits per heavy atom. The zero-order valence-corrected chi connectivity index (χ0v) is 16.3. The van der Waals surface area contributed by atoms with Crippen molar-refractivity contribution in [1.29, 1.82) is 0 Å². The summed E-state index contributed by atoms with van der Waals surface area (Å²) in [4.78, 5) is 14.1. The van der Waals surface area contributed by atoms with Crippen LogP contribution in [0.15, 0.2) is 48.5 Å². The second-order valence-electron chi connectivity index (χ2n) is 6.83. The molecule has 2 aromatic carbocycles. The van der Waals surface area contributed by atoms with Crippen molar-refractivity contribution < 1.29 is 17.9 Å². The van der Waals surface area contributed by atoms with Crippen LogP contribution in [-0.2, 0) is 14.6 Å². The number of rotatable bonds is 6. The molecule has 0 aromatic heterocycles. The number of hydrogen-bond donors (Lipinski definition) is 1. The van der Waals surface area contributed by atoms with Gasteiger partial charge >= 0.3 is 0 Å². The number of sulfone groups is 1. The smallest absolute Gasteiger partial charge is 0.238 e. The lowest BCUT2D eigenvalue weighted by Gasteiger charge is -2.22. The first-order valence-corrected chi connectivity index (χ1v) is 10.6. The minimum Gasteiger partial charge on any atom is -0.497 e. The zero-order valence-electron chi connectivity index (χ0n) is 15.5. The fraction of sp³-hybridized carbons (Fsp3) is 0.350. The van der Waals surface area contributed by atoms with Crippen LogP contribution in [0.1, 0.15) is 6.42 Å². The summed E-state index contributed by atoms with van der Waals surface area (Å²) in [5, 5.41) is 2.86. The van der Waals surface area contributed by atoms with Gasteiger partial charge in [-0.1, -0.05) is 24.3 Å². The summed E-state index contributed by atoms with van der Waals surface area (Å²) in [5.41, 5.74) is 2.77. The highest BCUT2D eigenvalue weighted by molar-refractivity contribution is 7.91. The van der Waals surface area contributed by atoms with Crippen molar-refractivity contribution in [1.82, 2.24) is 4.90 Å². The van der Waals surface area contributed by atoms with Crippen LogP contribution >= 0.6 is 0 Å². The van der Waals surface area contributed by atoms with Gasteiger partial charge < -0.3 is 10.1 Å². The van der Waals surface area contributed by atoms with Gasteiger partial charge in [-0.15, -0.1) is 0 Å². The topological polar surface area (TPSA) is 75.7 Å². The summed E-state index contributed by atoms with van der Waals surface area (Å²) in [6.45, 7) is 0.165. The van der Waals surface area contributed by atoms with Crippen molar-refractivity contribution in [3.8, 4) is 16.9 Å². The Morgan fingerprint density at radius 3 is 2.56 bits per heavy atom. The maximum atomic E-state index is 12.3. The molecule has 0 bridgehead atoms. The van der Waals surface area contributed by atoms with Crippen molar-refractivity contribution in [3.63, 3.8) is 0 Å². The summed E-state index contributed by atoms with van der Waals surface area (Å²) < 4.78 is 28.4. The third-order valence-electron chi connectivity index (χ3n) is 4.80. The van der Waals surface area contributed by atoms with Crippen molar-refractivity contribution in [2.75, 3.05) is 37.5 Å². The molecule has 6 nitrogen and oxygen atoms in total. The average molecular weight is 388 g/mol. The molecule has 0 radical (unpaired) electrons. The molecule has 2 aromatic rings. The molecule has 0 spiro atoms. The van der Waals surface area contributed by atoms with Gasteiger partial charge in [0.25, 0.3) is 0 Å². The molecule has 1 heterocycles. The molecule has 1 amide bonds. The molecule has 0 saturated carbocycles. The highest BCUT2D eigenvalue weighted by Gasteiger charge is 2.31. The van der Waals surface area contributed by atoms with Crippen LogP contribution in [0.25, 0.3) is 11.1 Å². The first-order chi connectivity index (χ1) is 12.9. The lowest BCUT2D eigenvalue weighted by molar-refractivity contribution is -0.117. The maximum Gasteiger partial charge on any atom is 0.238 e. The highest BCUT2D eigenvalue weighted by atomic mass is 32.2. The van der Waals surface area contributed by atoms with Gasteiger partial charge in [0.1, 0.15) is 5.75 Å². The molecule has 3 rings (SSSR count). The van der Waals surface area contributed by atoms with Crippen LogP contribution in [0.4, 0.5) is 5.69 Å². The normalized spacial score (nSPS) is 18.4. The number of carbonyl (C=O) groups is 1. The van der Waals surface area contributed by atoms with E-state index in [9.17, 15) is 13.2 Å². The summed E-state index contributed by atoms with van der Waals surface area (Å²) in [7, 11) is 0.470. The van der Waals surface area contributed by atoms with Crippen LogP contribution < -0.4 is 10.1 Å². The minimum atomic E-state index is -2.95. The number of nitrogens with one attached hydrogen (secondary N) is 1. The molecule has 0 unspecified atom stereocenters. The van der Waals surface area contributed by atoms with Gasteiger partial charge in [0.2, 0.25) is 5.91 Å². The maximum absolute atomic E-state index is 12.3. The molecule has 0 aliphatic carbocycles. The number of nitrogens with zero attached hydrogens (tertiary/aromatic N) is 1. The first kappa shape index (κ1) is 19.4. The molecule has 144 valence electrons. The number of likely N-dealkylation sites (N-methyl/N-ethyl adjacent to an activating group) is 1. The number of hydrogen-bond acceptors (Lipinski definition) is 5. The zero-order chi connectivity index (χ0) is 19.4. The van der Waals surface area contributed by atoms with E-state index in [4.69, 9.17) is 4.74 Å². The van der Waals surface area contributed by atoms with E-state index in [2.05, 4.69) is 5.32 Å². The van der Waals surface area contributed by atoms with Crippen molar-refractivity contribution in [2.24, 2.45) is 0 Å². The van der Waals surface area contributed by atoms with E-state index in [1.165, 1.54) is 0 Å². The monoisotopic (exact) mass is 388 g/mol. The summed E-state index contributed by atoms with van der Waals surface area (Å²) in [5.74, 6) is 0.972. The molecule has 1 aliphatic rings. The van der Waals surface area contributed by atoms with Crippen LogP contribution in [0, 0.1) is 0 Å². The van der Waals surface area contributed by atoms with Gasteiger partial charge in [-0.25, -0.2) is 8.42 Å². The standard InChI is InChI=1S/C20H24N2O4S/c1-22(18-10-11-27(24,25)14-18)13-20(23)21-17-8-6-15(7-9-17)16-4-3-5-19(12-16)26-2/h3-9,12,18H,10-11,13-14H2,1-2H3,(H,21,23)/t18-/m0/s1. The number of ether oxygens (including phenoxy) is 1. The van der Waals surface area contributed by atoms with E-state index in [-0.39, 0.29) is 30.0 Å². The second-order valence-corrected chi connectivity index (χ2v) is 9.06. The molecule has 1 fully saturated rings. The lowest BCUT2D eigenvalue weighted by Crippen LogP contribution is -2.38. The predicted molar refractivity (Wildman–Crippen MR) is 107 cm³/mol. The largest absolute Gasteiger partial charge is 0.497 e. The van der Waals surface area contributed by atoms with Gasteiger partial charge in [0.05, 0.1) is 25.2 Å². The summed E-state index contributed by atoms with van der Waals surface area (Å²) in [6.07, 6.45) is 0.585. The number of benzene rings is 2.